The zero-order valence-corrected chi connectivity index (χ0v) is 17.4. The molecule has 1 aliphatic rings. The second-order valence-electron chi connectivity index (χ2n) is 7.83. The molecule has 1 saturated heterocycles. The van der Waals surface area contributed by atoms with E-state index in [4.69, 9.17) is 15.2 Å². The Labute approximate surface area is 170 Å². The van der Waals surface area contributed by atoms with Gasteiger partial charge in [-0.05, 0) is 44.9 Å². The van der Waals surface area contributed by atoms with Crippen LogP contribution in [0.25, 0.3) is 0 Å². The third kappa shape index (κ3) is 6.55. The van der Waals surface area contributed by atoms with E-state index in [-0.39, 0.29) is 11.9 Å². The number of nitrogens with zero attached hydrogens (tertiary/aromatic N) is 1. The summed E-state index contributed by atoms with van der Waals surface area (Å²) in [5.41, 5.74) is 7.26. The molecule has 2 amide bonds. The molecule has 1 heterocycles. The molecule has 1 aromatic carbocycles. The molecule has 0 aromatic heterocycles. The Morgan fingerprint density at radius 2 is 2.07 bits per heavy atom. The molecule has 1 unspecified atom stereocenters. The van der Waals surface area contributed by atoms with Crippen LogP contribution in [0, 0.1) is 0 Å². The molecule has 1 aromatic rings. The number of esters is 1. The van der Waals surface area contributed by atoms with Crippen LogP contribution in [0.4, 0.5) is 16.2 Å². The first kappa shape index (κ1) is 22.3. The van der Waals surface area contributed by atoms with Crippen LogP contribution in [0.15, 0.2) is 18.2 Å². The number of anilines is 2. The number of nitrogens with two attached hydrogens (primary N) is 1. The molecule has 9 heteroatoms. The van der Waals surface area contributed by atoms with E-state index in [0.29, 0.717) is 49.6 Å². The zero-order valence-electron chi connectivity index (χ0n) is 17.4. The molecule has 2 rings (SSSR count). The molecule has 1 fully saturated rings. The van der Waals surface area contributed by atoms with Crippen molar-refractivity contribution in [3.63, 3.8) is 0 Å². The van der Waals surface area contributed by atoms with E-state index in [2.05, 4.69) is 10.6 Å². The molecule has 0 bridgehead atoms. The van der Waals surface area contributed by atoms with Crippen molar-refractivity contribution in [3.8, 4) is 0 Å². The lowest BCUT2D eigenvalue weighted by Gasteiger charge is -2.36. The van der Waals surface area contributed by atoms with E-state index in [9.17, 15) is 14.4 Å². The molecule has 1 aliphatic heterocycles. The van der Waals surface area contributed by atoms with Gasteiger partial charge in [-0.2, -0.15) is 0 Å². The lowest BCUT2D eigenvalue weighted by Crippen LogP contribution is -2.53. The van der Waals surface area contributed by atoms with E-state index >= 15 is 0 Å². The average Bonchev–Trinajstić information content (AvgIpc) is 2.60. The highest BCUT2D eigenvalue weighted by Crippen LogP contribution is 2.29. The fourth-order valence-corrected chi connectivity index (χ4v) is 2.94. The van der Waals surface area contributed by atoms with Gasteiger partial charge in [0.2, 0.25) is 5.91 Å². The highest BCUT2D eigenvalue weighted by Gasteiger charge is 2.37. The number of hydrogen-bond acceptors (Lipinski definition) is 7. The third-order valence-electron chi connectivity index (χ3n) is 4.17. The number of carbonyl (C=O) groups is 3. The first-order chi connectivity index (χ1) is 13.6. The smallest absolute Gasteiger partial charge is 0.411 e. The summed E-state index contributed by atoms with van der Waals surface area (Å²) in [6.45, 7) is 8.33. The topological polar surface area (TPSA) is 123 Å². The van der Waals surface area contributed by atoms with Crippen LogP contribution in [0.1, 0.15) is 45.7 Å². The van der Waals surface area contributed by atoms with E-state index in [1.165, 1.54) is 11.8 Å². The highest BCUT2D eigenvalue weighted by atomic mass is 16.6. The van der Waals surface area contributed by atoms with Gasteiger partial charge in [0.1, 0.15) is 11.6 Å². The van der Waals surface area contributed by atoms with Gasteiger partial charge < -0.3 is 25.8 Å². The van der Waals surface area contributed by atoms with Crippen molar-refractivity contribution in [2.45, 2.75) is 45.8 Å². The van der Waals surface area contributed by atoms with Gasteiger partial charge in [0.15, 0.2) is 0 Å². The van der Waals surface area contributed by atoms with Gasteiger partial charge in [0, 0.05) is 26.6 Å². The van der Waals surface area contributed by atoms with Crippen molar-refractivity contribution >= 4 is 29.3 Å². The summed E-state index contributed by atoms with van der Waals surface area (Å²) >= 11 is 0. The van der Waals surface area contributed by atoms with Crippen molar-refractivity contribution < 1.29 is 23.9 Å². The molecule has 1 atom stereocenters. The molecule has 0 radical (unpaired) electrons. The number of nitrogen functional groups attached to an aromatic ring is 1. The van der Waals surface area contributed by atoms with Gasteiger partial charge in [0.25, 0.3) is 0 Å². The largest absolute Gasteiger partial charge is 0.466 e. The van der Waals surface area contributed by atoms with E-state index in [0.717, 1.165) is 0 Å². The second kappa shape index (κ2) is 9.49. The summed E-state index contributed by atoms with van der Waals surface area (Å²) in [5.74, 6) is -0.585. The molecular weight excluding hydrogens is 376 g/mol. The molecule has 4 N–H and O–H groups in total. The van der Waals surface area contributed by atoms with Gasteiger partial charge in [-0.3, -0.25) is 14.5 Å². The fraction of sp³-hybridized carbons (Fsp3) is 0.550. The maximum Gasteiger partial charge on any atom is 0.411 e. The highest BCUT2D eigenvalue weighted by molar-refractivity contribution is 5.88. The Bertz CT molecular complexity index is 760. The SMILES string of the molecule is CC(=O)OCCCNc1ccc(C2C(=O)NCCN2C(=O)OC(C)(C)C)cc1N. The Morgan fingerprint density at radius 3 is 2.69 bits per heavy atom. The third-order valence-corrected chi connectivity index (χ3v) is 4.17. The number of benzene rings is 1. The molecule has 0 saturated carbocycles. The van der Waals surface area contributed by atoms with Crippen LogP contribution < -0.4 is 16.4 Å². The second-order valence-corrected chi connectivity index (χ2v) is 7.83. The minimum absolute atomic E-state index is 0.274. The first-order valence-electron chi connectivity index (χ1n) is 9.62. The van der Waals surface area contributed by atoms with Crippen molar-refractivity contribution in [2.24, 2.45) is 0 Å². The minimum Gasteiger partial charge on any atom is -0.466 e. The van der Waals surface area contributed by atoms with Crippen LogP contribution in [-0.2, 0) is 19.1 Å². The zero-order chi connectivity index (χ0) is 21.6. The minimum atomic E-state index is -0.807. The molecule has 160 valence electrons. The van der Waals surface area contributed by atoms with Gasteiger partial charge in [-0.25, -0.2) is 4.79 Å². The monoisotopic (exact) mass is 406 g/mol. The molecule has 0 spiro atoms. The van der Waals surface area contributed by atoms with Crippen LogP contribution in [0.2, 0.25) is 0 Å². The fourth-order valence-electron chi connectivity index (χ4n) is 2.94. The quantitative estimate of drug-likeness (QED) is 0.375. The Kier molecular flexibility index (Phi) is 7.30. The van der Waals surface area contributed by atoms with Crippen LogP contribution in [0.3, 0.4) is 0 Å². The summed E-state index contributed by atoms with van der Waals surface area (Å²) in [6, 6.07) is 4.41. The Morgan fingerprint density at radius 1 is 1.34 bits per heavy atom. The van der Waals surface area contributed by atoms with E-state index < -0.39 is 17.7 Å². The Hall–Kier alpha value is -2.97. The predicted molar refractivity (Wildman–Crippen MR) is 109 cm³/mol. The number of amides is 2. The number of ether oxygens (including phenoxy) is 2. The summed E-state index contributed by atoms with van der Waals surface area (Å²) in [6.07, 6.45) is 0.0988. The van der Waals surface area contributed by atoms with Crippen LogP contribution in [0.5, 0.6) is 0 Å². The first-order valence-corrected chi connectivity index (χ1v) is 9.62. The van der Waals surface area contributed by atoms with Gasteiger partial charge in [-0.1, -0.05) is 6.07 Å². The van der Waals surface area contributed by atoms with Crippen molar-refractivity contribution in [2.75, 3.05) is 37.3 Å². The molecule has 0 aliphatic carbocycles. The molecular formula is C20H30N4O5. The van der Waals surface area contributed by atoms with Gasteiger partial charge in [-0.15, -0.1) is 0 Å². The average molecular weight is 406 g/mol. The summed E-state index contributed by atoms with van der Waals surface area (Å²) < 4.78 is 10.3. The lowest BCUT2D eigenvalue weighted by atomic mass is 10.0. The standard InChI is InChI=1S/C20H30N4O5/c1-13(25)28-11-5-8-22-16-7-6-14(12-15(16)21)17-18(26)23-9-10-24(17)19(27)29-20(2,3)4/h6-7,12,17,22H,5,8-11,21H2,1-4H3,(H,23,26). The normalized spacial score (nSPS) is 16.8. The number of nitrogens with one attached hydrogen (secondary N) is 2. The van der Waals surface area contributed by atoms with Crippen LogP contribution in [-0.4, -0.2) is 54.7 Å². The Balaban J connectivity index is 2.09. The predicted octanol–water partition coefficient (Wildman–Crippen LogP) is 2.04. The summed E-state index contributed by atoms with van der Waals surface area (Å²) in [4.78, 5) is 37.3. The number of carbonyl (C=O) groups excluding carboxylic acids is 3. The molecule has 9 nitrogen and oxygen atoms in total. The van der Waals surface area contributed by atoms with Crippen molar-refractivity contribution in [3.05, 3.63) is 23.8 Å². The van der Waals surface area contributed by atoms with Gasteiger partial charge >= 0.3 is 12.1 Å². The van der Waals surface area contributed by atoms with Crippen molar-refractivity contribution in [1.82, 2.24) is 10.2 Å². The maximum absolute atomic E-state index is 12.6. The summed E-state index contributed by atoms with van der Waals surface area (Å²) in [5, 5.41) is 5.95. The van der Waals surface area contributed by atoms with Gasteiger partial charge in [0.05, 0.1) is 18.0 Å². The molecule has 29 heavy (non-hydrogen) atoms. The maximum atomic E-state index is 12.6. The summed E-state index contributed by atoms with van der Waals surface area (Å²) in [7, 11) is 0. The lowest BCUT2D eigenvalue weighted by molar-refractivity contribution is -0.141. The number of piperazine rings is 1. The van der Waals surface area contributed by atoms with Crippen molar-refractivity contribution in [1.29, 1.82) is 0 Å². The number of hydrogen-bond donors (Lipinski definition) is 3. The number of rotatable bonds is 6. The van der Waals surface area contributed by atoms with E-state index in [1.54, 1.807) is 39.0 Å². The van der Waals surface area contributed by atoms with Crippen LogP contribution >= 0.6 is 0 Å². The van der Waals surface area contributed by atoms with E-state index in [1.807, 2.05) is 0 Å².